The number of aliphatic imine (C=N–C) groups is 1. The first-order valence-electron chi connectivity index (χ1n) is 10.3. The fourth-order valence-corrected chi connectivity index (χ4v) is 3.06. The van der Waals surface area contributed by atoms with Crippen molar-refractivity contribution < 1.29 is 9.18 Å². The number of benzene rings is 2. The van der Waals surface area contributed by atoms with E-state index in [1.807, 2.05) is 43.1 Å². The lowest BCUT2D eigenvalue weighted by atomic mass is 10.1. The molecule has 1 amide bonds. The van der Waals surface area contributed by atoms with Gasteiger partial charge in [0.25, 0.3) is 5.91 Å². The number of anilines is 1. The van der Waals surface area contributed by atoms with E-state index in [9.17, 15) is 9.18 Å². The molecule has 0 spiro atoms. The number of carbonyl (C=O) groups excluding carboxylic acids is 1. The lowest BCUT2D eigenvalue weighted by Crippen LogP contribution is -2.38. The Balaban J connectivity index is 1.80. The molecular weight excluding hydrogens is 381 g/mol. The van der Waals surface area contributed by atoms with Crippen LogP contribution in [0, 0.1) is 5.82 Å². The summed E-state index contributed by atoms with van der Waals surface area (Å²) in [6, 6.07) is 14.4. The summed E-state index contributed by atoms with van der Waals surface area (Å²) in [4.78, 5) is 18.3. The zero-order valence-electron chi connectivity index (χ0n) is 18.0. The Morgan fingerprint density at radius 2 is 1.93 bits per heavy atom. The predicted octanol–water partition coefficient (Wildman–Crippen LogP) is 2.81. The summed E-state index contributed by atoms with van der Waals surface area (Å²) >= 11 is 0. The summed E-state index contributed by atoms with van der Waals surface area (Å²) in [6.45, 7) is 4.86. The zero-order valence-corrected chi connectivity index (χ0v) is 18.0. The number of hydrogen-bond donors (Lipinski definition) is 3. The molecule has 0 aliphatic heterocycles. The van der Waals surface area contributed by atoms with Crippen LogP contribution in [0.3, 0.4) is 0 Å². The molecule has 0 unspecified atom stereocenters. The molecule has 0 fully saturated rings. The van der Waals surface area contributed by atoms with Gasteiger partial charge in [-0.25, -0.2) is 4.39 Å². The van der Waals surface area contributed by atoms with Gasteiger partial charge in [0.1, 0.15) is 5.82 Å². The Bertz CT molecular complexity index is 840. The standard InChI is InChI=1S/C23H32FN5O/c1-4-26-23(27-14-8-16-29(3)21-12-6-5-11-20(21)24)28-15-13-18-9-7-10-19(17-18)22(30)25-2/h5-7,9-12,17H,4,8,13-16H2,1-3H3,(H,25,30)(H2,26,27,28). The number of amides is 1. The molecule has 0 radical (unpaired) electrons. The second-order valence-corrected chi connectivity index (χ2v) is 6.94. The van der Waals surface area contributed by atoms with Crippen LogP contribution in [0.25, 0.3) is 0 Å². The topological polar surface area (TPSA) is 68.8 Å². The van der Waals surface area contributed by atoms with E-state index < -0.39 is 0 Å². The molecule has 2 aromatic rings. The van der Waals surface area contributed by atoms with Crippen molar-refractivity contribution in [3.8, 4) is 0 Å². The van der Waals surface area contributed by atoms with Gasteiger partial charge in [-0.05, 0) is 49.6 Å². The Labute approximate surface area is 178 Å². The summed E-state index contributed by atoms with van der Waals surface area (Å²) in [7, 11) is 3.52. The lowest BCUT2D eigenvalue weighted by Gasteiger charge is -2.19. The third-order valence-corrected chi connectivity index (χ3v) is 4.65. The average molecular weight is 414 g/mol. The highest BCUT2D eigenvalue weighted by molar-refractivity contribution is 5.94. The summed E-state index contributed by atoms with van der Waals surface area (Å²) in [6.07, 6.45) is 1.60. The van der Waals surface area contributed by atoms with E-state index >= 15 is 0 Å². The maximum absolute atomic E-state index is 13.8. The normalized spacial score (nSPS) is 11.1. The number of para-hydroxylation sites is 1. The van der Waals surface area contributed by atoms with Gasteiger partial charge in [-0.15, -0.1) is 0 Å². The van der Waals surface area contributed by atoms with Crippen LogP contribution in [0.4, 0.5) is 10.1 Å². The molecular formula is C23H32FN5O. The molecule has 7 heteroatoms. The van der Waals surface area contributed by atoms with Gasteiger partial charge in [0.05, 0.1) is 5.69 Å². The van der Waals surface area contributed by atoms with Crippen molar-refractivity contribution in [3.05, 3.63) is 65.5 Å². The van der Waals surface area contributed by atoms with Gasteiger partial charge >= 0.3 is 0 Å². The van der Waals surface area contributed by atoms with Crippen molar-refractivity contribution in [3.63, 3.8) is 0 Å². The molecule has 0 saturated carbocycles. The number of halogens is 1. The van der Waals surface area contributed by atoms with Crippen LogP contribution in [0.15, 0.2) is 53.5 Å². The smallest absolute Gasteiger partial charge is 0.251 e. The van der Waals surface area contributed by atoms with Crippen molar-refractivity contribution in [2.45, 2.75) is 19.8 Å². The Hall–Kier alpha value is -3.09. The average Bonchev–Trinajstić information content (AvgIpc) is 2.76. The highest BCUT2D eigenvalue weighted by Gasteiger charge is 2.06. The molecule has 3 N–H and O–H groups in total. The Morgan fingerprint density at radius 3 is 2.67 bits per heavy atom. The van der Waals surface area contributed by atoms with Crippen molar-refractivity contribution in [1.82, 2.24) is 16.0 Å². The predicted molar refractivity (Wildman–Crippen MR) is 122 cm³/mol. The third kappa shape index (κ3) is 7.39. The van der Waals surface area contributed by atoms with Gasteiger partial charge < -0.3 is 20.9 Å². The second kappa shape index (κ2) is 12.5. The first-order valence-corrected chi connectivity index (χ1v) is 10.3. The Morgan fingerprint density at radius 1 is 1.13 bits per heavy atom. The van der Waals surface area contributed by atoms with Crippen molar-refractivity contribution in [2.24, 2.45) is 4.99 Å². The first kappa shape index (κ1) is 23.2. The van der Waals surface area contributed by atoms with Crippen LogP contribution in [-0.4, -0.2) is 52.1 Å². The maximum atomic E-state index is 13.8. The number of nitrogens with zero attached hydrogens (tertiary/aromatic N) is 2. The van der Waals surface area contributed by atoms with Gasteiger partial charge in [-0.2, -0.15) is 0 Å². The summed E-state index contributed by atoms with van der Waals surface area (Å²) in [5, 5.41) is 9.20. The molecule has 0 aromatic heterocycles. The number of guanidine groups is 1. The third-order valence-electron chi connectivity index (χ3n) is 4.65. The molecule has 162 valence electrons. The molecule has 6 nitrogen and oxygen atoms in total. The minimum atomic E-state index is -0.209. The van der Waals surface area contributed by atoms with Crippen LogP contribution in [0.1, 0.15) is 29.3 Å². The minimum Gasteiger partial charge on any atom is -0.372 e. The largest absolute Gasteiger partial charge is 0.372 e. The van der Waals surface area contributed by atoms with E-state index in [0.29, 0.717) is 24.3 Å². The monoisotopic (exact) mass is 413 g/mol. The lowest BCUT2D eigenvalue weighted by molar-refractivity contribution is 0.0963. The second-order valence-electron chi connectivity index (χ2n) is 6.94. The van der Waals surface area contributed by atoms with Gasteiger partial charge in [-0.3, -0.25) is 9.79 Å². The molecule has 0 heterocycles. The molecule has 2 aromatic carbocycles. The first-order chi connectivity index (χ1) is 14.5. The molecule has 0 aliphatic carbocycles. The van der Waals surface area contributed by atoms with E-state index in [2.05, 4.69) is 20.9 Å². The number of hydrogen-bond acceptors (Lipinski definition) is 3. The number of carbonyl (C=O) groups is 1. The highest BCUT2D eigenvalue weighted by atomic mass is 19.1. The highest BCUT2D eigenvalue weighted by Crippen LogP contribution is 2.16. The summed E-state index contributed by atoms with van der Waals surface area (Å²) < 4.78 is 13.8. The van der Waals surface area contributed by atoms with Gasteiger partial charge in [-0.1, -0.05) is 24.3 Å². The van der Waals surface area contributed by atoms with Crippen LogP contribution < -0.4 is 20.9 Å². The van der Waals surface area contributed by atoms with Crippen molar-refractivity contribution in [1.29, 1.82) is 0 Å². The fraction of sp³-hybridized carbons (Fsp3) is 0.391. The van der Waals surface area contributed by atoms with Gasteiger partial charge in [0.2, 0.25) is 0 Å². The van der Waals surface area contributed by atoms with Gasteiger partial charge in [0, 0.05) is 45.8 Å². The Kier molecular flexibility index (Phi) is 9.64. The maximum Gasteiger partial charge on any atom is 0.251 e. The van der Waals surface area contributed by atoms with Crippen molar-refractivity contribution >= 4 is 17.6 Å². The van der Waals surface area contributed by atoms with Gasteiger partial charge in [0.15, 0.2) is 5.96 Å². The van der Waals surface area contributed by atoms with Crippen molar-refractivity contribution in [2.75, 3.05) is 45.2 Å². The van der Waals surface area contributed by atoms with E-state index in [1.165, 1.54) is 6.07 Å². The number of nitrogens with one attached hydrogen (secondary N) is 3. The molecule has 0 aliphatic rings. The van der Waals surface area contributed by atoms with E-state index in [-0.39, 0.29) is 11.7 Å². The minimum absolute atomic E-state index is 0.0833. The molecule has 30 heavy (non-hydrogen) atoms. The molecule has 0 atom stereocenters. The zero-order chi connectivity index (χ0) is 21.8. The van der Waals surface area contributed by atoms with Crippen LogP contribution >= 0.6 is 0 Å². The van der Waals surface area contributed by atoms with E-state index in [0.717, 1.165) is 37.5 Å². The molecule has 0 bridgehead atoms. The van der Waals surface area contributed by atoms with Crippen LogP contribution in [0.2, 0.25) is 0 Å². The SMILES string of the molecule is CCNC(=NCCCN(C)c1ccccc1F)NCCc1cccc(C(=O)NC)c1. The van der Waals surface area contributed by atoms with Crippen LogP contribution in [0.5, 0.6) is 0 Å². The quantitative estimate of drug-likeness (QED) is 0.318. The number of rotatable bonds is 10. The fourth-order valence-electron chi connectivity index (χ4n) is 3.06. The molecule has 2 rings (SSSR count). The molecule has 0 saturated heterocycles. The van der Waals surface area contributed by atoms with E-state index in [4.69, 9.17) is 0 Å². The van der Waals surface area contributed by atoms with E-state index in [1.54, 1.807) is 25.2 Å². The van der Waals surface area contributed by atoms with Crippen LogP contribution in [-0.2, 0) is 6.42 Å². The summed E-state index contributed by atoms with van der Waals surface area (Å²) in [5.74, 6) is 0.465. The summed E-state index contributed by atoms with van der Waals surface area (Å²) in [5.41, 5.74) is 2.35.